The van der Waals surface area contributed by atoms with Gasteiger partial charge in [-0.1, -0.05) is 29.8 Å². The van der Waals surface area contributed by atoms with Crippen molar-refractivity contribution in [3.63, 3.8) is 0 Å². The summed E-state index contributed by atoms with van der Waals surface area (Å²) in [6, 6.07) is 11.5. The Kier molecular flexibility index (Phi) is 5.63. The number of nitrogens with one attached hydrogen (secondary N) is 1. The van der Waals surface area contributed by atoms with Crippen molar-refractivity contribution >= 4 is 27.3 Å². The first kappa shape index (κ1) is 20.8. The van der Waals surface area contributed by atoms with Gasteiger partial charge < -0.3 is 9.47 Å². The Morgan fingerprint density at radius 1 is 1.03 bits per heavy atom. The van der Waals surface area contributed by atoms with Gasteiger partial charge in [0, 0.05) is 19.2 Å². The van der Waals surface area contributed by atoms with E-state index in [-0.39, 0.29) is 27.1 Å². The van der Waals surface area contributed by atoms with E-state index in [1.807, 2.05) is 6.07 Å². The molecule has 0 amide bonds. The van der Waals surface area contributed by atoms with Gasteiger partial charge in [0.05, 0.1) is 30.6 Å². The van der Waals surface area contributed by atoms with Crippen LogP contribution in [0.1, 0.15) is 5.69 Å². The molecule has 0 aliphatic carbocycles. The molecule has 2 aromatic carbocycles. The minimum absolute atomic E-state index is 0.0280. The molecule has 3 rings (SSSR count). The highest BCUT2D eigenvalue weighted by Gasteiger charge is 2.26. The van der Waals surface area contributed by atoms with Gasteiger partial charge in [-0.25, -0.2) is 13.1 Å². The van der Waals surface area contributed by atoms with Crippen LogP contribution in [0.3, 0.4) is 0 Å². The van der Waals surface area contributed by atoms with E-state index in [4.69, 9.17) is 21.1 Å². The van der Waals surface area contributed by atoms with Crippen LogP contribution in [0, 0.1) is 6.92 Å². The van der Waals surface area contributed by atoms with Gasteiger partial charge in [0.2, 0.25) is 0 Å². The van der Waals surface area contributed by atoms with Gasteiger partial charge in [-0.3, -0.25) is 14.2 Å². The molecular formula is C19H20ClN3O5S. The summed E-state index contributed by atoms with van der Waals surface area (Å²) in [7, 11) is 0.197. The fourth-order valence-corrected chi connectivity index (χ4v) is 4.43. The monoisotopic (exact) mass is 437 g/mol. The fourth-order valence-electron chi connectivity index (χ4n) is 2.92. The van der Waals surface area contributed by atoms with Crippen molar-refractivity contribution in [2.45, 2.75) is 11.8 Å². The molecule has 0 bridgehead atoms. The highest BCUT2D eigenvalue weighted by atomic mass is 35.5. The number of sulfonamides is 1. The van der Waals surface area contributed by atoms with E-state index in [0.29, 0.717) is 11.4 Å². The number of nitrogens with zero attached hydrogens (tertiary/aromatic N) is 2. The quantitative estimate of drug-likeness (QED) is 0.640. The first-order valence-electron chi connectivity index (χ1n) is 8.49. The summed E-state index contributed by atoms with van der Waals surface area (Å²) in [5, 5.41) is 0.200. The van der Waals surface area contributed by atoms with E-state index in [1.54, 1.807) is 42.9 Å². The predicted octanol–water partition coefficient (Wildman–Crippen LogP) is 2.96. The maximum Gasteiger partial charge on any atom is 0.296 e. The Morgan fingerprint density at radius 2 is 1.66 bits per heavy atom. The van der Waals surface area contributed by atoms with Crippen molar-refractivity contribution in [3.05, 3.63) is 63.5 Å². The van der Waals surface area contributed by atoms with E-state index in [0.717, 1.165) is 0 Å². The largest absolute Gasteiger partial charge is 0.495 e. The predicted molar refractivity (Wildman–Crippen MR) is 111 cm³/mol. The number of methoxy groups -OCH3 is 2. The Labute approximate surface area is 173 Å². The normalized spacial score (nSPS) is 11.3. The molecule has 0 aliphatic rings. The molecule has 1 N–H and O–H groups in total. The number of anilines is 1. The van der Waals surface area contributed by atoms with Crippen LogP contribution in [0.4, 0.5) is 5.69 Å². The molecule has 0 unspecified atom stereocenters. The lowest BCUT2D eigenvalue weighted by atomic mass is 10.3. The number of hydrogen-bond donors (Lipinski definition) is 1. The second kappa shape index (κ2) is 7.84. The standard InChI is InChI=1S/C19H20ClN3O5S/c1-12-18(19(24)23(22(12)2)13-8-6-5-7-9-13)21-29(25,26)17-11-15(27-3)14(20)10-16(17)28-4/h5-11,21H,1-4H3. The third kappa shape index (κ3) is 3.70. The Balaban J connectivity index is 2.13. The number of rotatable bonds is 6. The number of benzene rings is 2. The summed E-state index contributed by atoms with van der Waals surface area (Å²) in [6.07, 6.45) is 0. The first-order chi connectivity index (χ1) is 13.7. The van der Waals surface area contributed by atoms with Crippen molar-refractivity contribution in [1.29, 1.82) is 0 Å². The lowest BCUT2D eigenvalue weighted by Crippen LogP contribution is -2.23. The zero-order valence-electron chi connectivity index (χ0n) is 16.3. The van der Waals surface area contributed by atoms with E-state index >= 15 is 0 Å². The molecule has 3 aromatic rings. The maximum absolute atomic E-state index is 13.1. The topological polar surface area (TPSA) is 91.6 Å². The molecule has 0 spiro atoms. The van der Waals surface area contributed by atoms with Crippen LogP contribution in [0.2, 0.25) is 5.02 Å². The second-order valence-corrected chi connectivity index (χ2v) is 8.24. The van der Waals surface area contributed by atoms with Crippen LogP contribution in [0.5, 0.6) is 11.5 Å². The van der Waals surface area contributed by atoms with Crippen LogP contribution in [0.15, 0.2) is 52.2 Å². The lowest BCUT2D eigenvalue weighted by molar-refractivity contribution is 0.392. The zero-order chi connectivity index (χ0) is 21.3. The summed E-state index contributed by atoms with van der Waals surface area (Å²) in [6.45, 7) is 1.65. The molecule has 0 atom stereocenters. The van der Waals surface area contributed by atoms with E-state index in [2.05, 4.69) is 4.72 Å². The van der Waals surface area contributed by atoms with Crippen LogP contribution in [-0.2, 0) is 17.1 Å². The van der Waals surface area contributed by atoms with Gasteiger partial charge in [-0.05, 0) is 19.1 Å². The van der Waals surface area contributed by atoms with E-state index in [1.165, 1.54) is 31.0 Å². The molecule has 10 heteroatoms. The van der Waals surface area contributed by atoms with Crippen molar-refractivity contribution in [3.8, 4) is 17.2 Å². The molecule has 0 fully saturated rings. The number of hydrogen-bond acceptors (Lipinski definition) is 5. The van der Waals surface area contributed by atoms with Crippen molar-refractivity contribution in [2.24, 2.45) is 7.05 Å². The van der Waals surface area contributed by atoms with Crippen molar-refractivity contribution < 1.29 is 17.9 Å². The minimum Gasteiger partial charge on any atom is -0.495 e. The highest BCUT2D eigenvalue weighted by Crippen LogP contribution is 2.35. The van der Waals surface area contributed by atoms with Gasteiger partial charge in [-0.2, -0.15) is 0 Å². The van der Waals surface area contributed by atoms with Crippen LogP contribution in [0.25, 0.3) is 5.69 Å². The zero-order valence-corrected chi connectivity index (χ0v) is 17.8. The molecule has 154 valence electrons. The number of aromatic nitrogens is 2. The third-order valence-corrected chi connectivity index (χ3v) is 6.18. The van der Waals surface area contributed by atoms with Crippen molar-refractivity contribution in [1.82, 2.24) is 9.36 Å². The van der Waals surface area contributed by atoms with Gasteiger partial charge in [-0.15, -0.1) is 0 Å². The van der Waals surface area contributed by atoms with E-state index in [9.17, 15) is 13.2 Å². The molecule has 0 saturated heterocycles. The first-order valence-corrected chi connectivity index (χ1v) is 10.4. The van der Waals surface area contributed by atoms with Gasteiger partial charge >= 0.3 is 0 Å². The highest BCUT2D eigenvalue weighted by molar-refractivity contribution is 7.92. The van der Waals surface area contributed by atoms with E-state index < -0.39 is 15.6 Å². The summed E-state index contributed by atoms with van der Waals surface area (Å²) < 4.78 is 41.8. The Bertz CT molecular complexity index is 1220. The van der Waals surface area contributed by atoms with Gasteiger partial charge in [0.1, 0.15) is 22.1 Å². The Morgan fingerprint density at radius 3 is 2.24 bits per heavy atom. The molecule has 1 aromatic heterocycles. The maximum atomic E-state index is 13.1. The minimum atomic E-state index is -4.18. The third-order valence-electron chi connectivity index (χ3n) is 4.52. The molecular weight excluding hydrogens is 418 g/mol. The average molecular weight is 438 g/mol. The van der Waals surface area contributed by atoms with Crippen LogP contribution in [-0.4, -0.2) is 32.0 Å². The molecule has 0 aliphatic heterocycles. The summed E-state index contributed by atoms with van der Waals surface area (Å²) in [4.78, 5) is 12.8. The summed E-state index contributed by atoms with van der Waals surface area (Å²) in [5.41, 5.74) is 0.494. The smallest absolute Gasteiger partial charge is 0.296 e. The van der Waals surface area contributed by atoms with Crippen molar-refractivity contribution in [2.75, 3.05) is 18.9 Å². The molecule has 8 nitrogen and oxygen atoms in total. The molecule has 0 saturated carbocycles. The van der Waals surface area contributed by atoms with Gasteiger partial charge in [0.25, 0.3) is 15.6 Å². The number of ether oxygens (including phenoxy) is 2. The molecule has 0 radical (unpaired) electrons. The molecule has 29 heavy (non-hydrogen) atoms. The SMILES string of the molecule is COc1cc(S(=O)(=O)Nc2c(C)n(C)n(-c3ccccc3)c2=O)c(OC)cc1Cl. The number of halogens is 1. The average Bonchev–Trinajstić information content (AvgIpc) is 2.91. The second-order valence-electron chi connectivity index (χ2n) is 6.18. The number of para-hydroxylation sites is 1. The lowest BCUT2D eigenvalue weighted by Gasteiger charge is -2.13. The summed E-state index contributed by atoms with van der Waals surface area (Å²) >= 11 is 6.06. The van der Waals surface area contributed by atoms with Gasteiger partial charge in [0.15, 0.2) is 0 Å². The fraction of sp³-hybridized carbons (Fsp3) is 0.211. The molecule has 1 heterocycles. The van der Waals surface area contributed by atoms with Crippen LogP contribution < -0.4 is 19.8 Å². The Hall–Kier alpha value is -2.91. The summed E-state index contributed by atoms with van der Waals surface area (Å²) in [5.74, 6) is 0.194. The van der Waals surface area contributed by atoms with Crippen LogP contribution >= 0.6 is 11.6 Å².